The van der Waals surface area contributed by atoms with Crippen molar-refractivity contribution >= 4 is 29.5 Å². The molecule has 0 aliphatic heterocycles. The Morgan fingerprint density at radius 3 is 2.59 bits per heavy atom. The zero-order valence-corrected chi connectivity index (χ0v) is 13.2. The Morgan fingerprint density at radius 1 is 1.23 bits per heavy atom. The average molecular weight is 319 g/mol. The number of hydrazone groups is 1. The number of nitrogens with one attached hydrogen (secondary N) is 2. The first-order valence-electron chi connectivity index (χ1n) is 7.58. The molecule has 0 amide bonds. The van der Waals surface area contributed by atoms with E-state index >= 15 is 0 Å². The van der Waals surface area contributed by atoms with Crippen molar-refractivity contribution in [1.29, 1.82) is 0 Å². The number of benzene rings is 1. The largest absolute Gasteiger partial charge is 0.478 e. The highest BCUT2D eigenvalue weighted by Gasteiger charge is 2.12. The Hall–Kier alpha value is -1.95. The fourth-order valence-corrected chi connectivity index (χ4v) is 2.83. The molecule has 0 radical (unpaired) electrons. The molecule has 1 saturated carbocycles. The van der Waals surface area contributed by atoms with Crippen LogP contribution in [0, 0.1) is 0 Å². The maximum Gasteiger partial charge on any atom is 0.336 e. The summed E-state index contributed by atoms with van der Waals surface area (Å²) in [6.45, 7) is 0. The molecule has 1 aliphatic rings. The van der Waals surface area contributed by atoms with Gasteiger partial charge >= 0.3 is 5.97 Å². The van der Waals surface area contributed by atoms with Gasteiger partial charge in [0.1, 0.15) is 0 Å². The molecule has 0 unspecified atom stereocenters. The van der Waals surface area contributed by atoms with Gasteiger partial charge in [-0.1, -0.05) is 43.9 Å². The van der Waals surface area contributed by atoms with Crippen LogP contribution in [0.2, 0.25) is 0 Å². The summed E-state index contributed by atoms with van der Waals surface area (Å²) in [5, 5.41) is 16.9. The Kier molecular flexibility index (Phi) is 6.33. The molecule has 0 spiro atoms. The minimum absolute atomic E-state index is 0.218. The van der Waals surface area contributed by atoms with Crippen molar-refractivity contribution < 1.29 is 9.90 Å². The third kappa shape index (κ3) is 5.11. The van der Waals surface area contributed by atoms with Crippen LogP contribution >= 0.6 is 12.2 Å². The molecule has 1 fully saturated rings. The van der Waals surface area contributed by atoms with Crippen LogP contribution in [0.15, 0.2) is 29.4 Å². The van der Waals surface area contributed by atoms with Gasteiger partial charge in [-0.05, 0) is 31.1 Å². The number of hydrogen-bond donors (Lipinski definition) is 3. The molecule has 1 aromatic rings. The van der Waals surface area contributed by atoms with Gasteiger partial charge in [-0.3, -0.25) is 5.43 Å². The van der Waals surface area contributed by atoms with E-state index in [9.17, 15) is 4.79 Å². The van der Waals surface area contributed by atoms with Gasteiger partial charge < -0.3 is 10.4 Å². The molecule has 118 valence electrons. The molecule has 6 heteroatoms. The van der Waals surface area contributed by atoms with Crippen LogP contribution in [0.3, 0.4) is 0 Å². The fraction of sp³-hybridized carbons (Fsp3) is 0.438. The normalized spacial score (nSPS) is 16.2. The van der Waals surface area contributed by atoms with Gasteiger partial charge in [0, 0.05) is 11.6 Å². The second kappa shape index (κ2) is 8.48. The number of carboxylic acids is 1. The molecule has 0 atom stereocenters. The lowest BCUT2D eigenvalue weighted by Gasteiger charge is -2.17. The Bertz CT molecular complexity index is 552. The summed E-state index contributed by atoms with van der Waals surface area (Å²) in [5.41, 5.74) is 3.52. The van der Waals surface area contributed by atoms with Crippen molar-refractivity contribution in [2.45, 2.75) is 44.6 Å². The van der Waals surface area contributed by atoms with Gasteiger partial charge in [0.05, 0.1) is 11.8 Å². The lowest BCUT2D eigenvalue weighted by atomic mass is 10.1. The summed E-state index contributed by atoms with van der Waals surface area (Å²) >= 11 is 5.23. The number of aromatic carboxylic acids is 1. The minimum Gasteiger partial charge on any atom is -0.478 e. The van der Waals surface area contributed by atoms with Crippen LogP contribution in [0.5, 0.6) is 0 Å². The molecular weight excluding hydrogens is 298 g/mol. The van der Waals surface area contributed by atoms with Crippen LogP contribution in [-0.2, 0) is 0 Å². The van der Waals surface area contributed by atoms with Crippen LogP contribution in [0.1, 0.15) is 54.4 Å². The number of nitrogens with zero attached hydrogens (tertiary/aromatic N) is 1. The maximum atomic E-state index is 11.1. The van der Waals surface area contributed by atoms with E-state index in [4.69, 9.17) is 17.3 Å². The smallest absolute Gasteiger partial charge is 0.336 e. The number of thiocarbonyl (C=S) groups is 1. The monoisotopic (exact) mass is 319 g/mol. The van der Waals surface area contributed by atoms with Crippen molar-refractivity contribution in [3.05, 3.63) is 35.4 Å². The molecular formula is C16H21N3O2S. The second-order valence-corrected chi connectivity index (χ2v) is 5.83. The standard InChI is InChI=1S/C16H21N3O2S/c20-15(21)14-10-6-5-7-12(14)11-17-19-16(22)18-13-8-3-1-2-4-9-13/h5-7,10-11,13H,1-4,8-9H2,(H,20,21)(H2,18,19,22)/b17-11+. The molecule has 0 heterocycles. The van der Waals surface area contributed by atoms with Crippen molar-refractivity contribution in [2.24, 2.45) is 5.10 Å². The third-order valence-corrected chi connectivity index (χ3v) is 3.96. The molecule has 0 saturated heterocycles. The summed E-state index contributed by atoms with van der Waals surface area (Å²) < 4.78 is 0. The van der Waals surface area contributed by atoms with Crippen LogP contribution in [-0.4, -0.2) is 28.4 Å². The summed E-state index contributed by atoms with van der Waals surface area (Å²) in [5.74, 6) is -0.971. The quantitative estimate of drug-likeness (QED) is 0.344. The van der Waals surface area contributed by atoms with E-state index in [2.05, 4.69) is 15.8 Å². The van der Waals surface area contributed by atoms with E-state index < -0.39 is 5.97 Å². The predicted molar refractivity (Wildman–Crippen MR) is 91.4 cm³/mol. The predicted octanol–water partition coefficient (Wildman–Crippen LogP) is 2.91. The molecule has 0 bridgehead atoms. The van der Waals surface area contributed by atoms with E-state index in [0.717, 1.165) is 12.8 Å². The van der Waals surface area contributed by atoms with Crippen molar-refractivity contribution in [3.8, 4) is 0 Å². The van der Waals surface area contributed by atoms with Crippen molar-refractivity contribution in [1.82, 2.24) is 10.7 Å². The zero-order valence-electron chi connectivity index (χ0n) is 12.4. The van der Waals surface area contributed by atoms with Crippen molar-refractivity contribution in [2.75, 3.05) is 0 Å². The zero-order chi connectivity index (χ0) is 15.8. The first kappa shape index (κ1) is 16.4. The minimum atomic E-state index is -0.971. The lowest BCUT2D eigenvalue weighted by molar-refractivity contribution is 0.0697. The van der Waals surface area contributed by atoms with Crippen molar-refractivity contribution in [3.63, 3.8) is 0 Å². The molecule has 22 heavy (non-hydrogen) atoms. The Morgan fingerprint density at radius 2 is 1.91 bits per heavy atom. The first-order chi connectivity index (χ1) is 10.7. The van der Waals surface area contributed by atoms with Gasteiger partial charge in [-0.25, -0.2) is 4.79 Å². The topological polar surface area (TPSA) is 73.7 Å². The Labute approximate surface area is 135 Å². The molecule has 0 aromatic heterocycles. The highest BCUT2D eigenvalue weighted by Crippen LogP contribution is 2.17. The second-order valence-electron chi connectivity index (χ2n) is 5.42. The molecule has 1 aromatic carbocycles. The number of carbonyl (C=O) groups is 1. The SMILES string of the molecule is O=C(O)c1ccccc1/C=N/NC(=S)NC1CCCCCC1. The van der Waals surface area contributed by atoms with Gasteiger partial charge in [-0.15, -0.1) is 0 Å². The summed E-state index contributed by atoms with van der Waals surface area (Å²) in [4.78, 5) is 11.1. The van der Waals surface area contributed by atoms with E-state index in [0.29, 0.717) is 16.7 Å². The third-order valence-electron chi connectivity index (χ3n) is 3.75. The molecule has 2 rings (SSSR count). The maximum absolute atomic E-state index is 11.1. The summed E-state index contributed by atoms with van der Waals surface area (Å²) in [6, 6.07) is 7.12. The highest BCUT2D eigenvalue weighted by atomic mass is 32.1. The number of hydrogen-bond acceptors (Lipinski definition) is 3. The van der Waals surface area contributed by atoms with E-state index in [1.165, 1.54) is 31.9 Å². The molecule has 1 aliphatic carbocycles. The van der Waals surface area contributed by atoms with E-state index in [-0.39, 0.29) is 5.56 Å². The number of carboxylic acid groups (broad SMARTS) is 1. The van der Waals surface area contributed by atoms with E-state index in [1.807, 2.05) is 0 Å². The molecule has 5 nitrogen and oxygen atoms in total. The average Bonchev–Trinajstić information content (AvgIpc) is 2.76. The van der Waals surface area contributed by atoms with Crippen LogP contribution in [0.25, 0.3) is 0 Å². The van der Waals surface area contributed by atoms with Gasteiger partial charge in [-0.2, -0.15) is 5.10 Å². The van der Waals surface area contributed by atoms with Gasteiger partial charge in [0.25, 0.3) is 0 Å². The van der Waals surface area contributed by atoms with Gasteiger partial charge in [0.2, 0.25) is 0 Å². The lowest BCUT2D eigenvalue weighted by Crippen LogP contribution is -2.39. The first-order valence-corrected chi connectivity index (χ1v) is 7.99. The van der Waals surface area contributed by atoms with E-state index in [1.54, 1.807) is 24.3 Å². The summed E-state index contributed by atoms with van der Waals surface area (Å²) in [7, 11) is 0. The fourth-order valence-electron chi connectivity index (χ4n) is 2.61. The molecule has 3 N–H and O–H groups in total. The Balaban J connectivity index is 1.86. The number of rotatable bonds is 4. The van der Waals surface area contributed by atoms with Gasteiger partial charge in [0.15, 0.2) is 5.11 Å². The highest BCUT2D eigenvalue weighted by molar-refractivity contribution is 7.80. The van der Waals surface area contributed by atoms with Crippen LogP contribution < -0.4 is 10.7 Å². The summed E-state index contributed by atoms with van der Waals surface area (Å²) in [6.07, 6.45) is 8.79. The van der Waals surface area contributed by atoms with Crippen LogP contribution in [0.4, 0.5) is 0 Å².